The van der Waals surface area contributed by atoms with Crippen molar-refractivity contribution in [3.05, 3.63) is 174 Å². The number of fused-ring (bicyclic) bond motifs is 7. The number of hydrogen-bond donors (Lipinski definition) is 0. The van der Waals surface area contributed by atoms with Crippen molar-refractivity contribution >= 4 is 32.7 Å². The Balaban J connectivity index is 1.46. The van der Waals surface area contributed by atoms with E-state index in [4.69, 9.17) is 9.40 Å². The van der Waals surface area contributed by atoms with Crippen LogP contribution >= 0.6 is 0 Å². The van der Waals surface area contributed by atoms with Gasteiger partial charge < -0.3 is 4.42 Å². The van der Waals surface area contributed by atoms with Crippen molar-refractivity contribution in [1.82, 2.24) is 4.98 Å². The lowest BCUT2D eigenvalue weighted by Crippen LogP contribution is -2.30. The summed E-state index contributed by atoms with van der Waals surface area (Å²) in [7, 11) is 0. The maximum atomic E-state index is 6.27. The zero-order valence-corrected chi connectivity index (χ0v) is 22.8. The maximum absolute atomic E-state index is 6.27. The van der Waals surface area contributed by atoms with Gasteiger partial charge in [0.25, 0.3) is 0 Å². The number of hydrogen-bond acceptors (Lipinski definition) is 2. The van der Waals surface area contributed by atoms with E-state index < -0.39 is 5.41 Å². The fraction of sp³-hybridized carbons (Fsp3) is 0.0250. The molecule has 2 heteroatoms. The highest BCUT2D eigenvalue weighted by Crippen LogP contribution is 2.56. The van der Waals surface area contributed by atoms with Gasteiger partial charge in [-0.05, 0) is 57.5 Å². The molecule has 9 rings (SSSR count). The Morgan fingerprint density at radius 2 is 1.10 bits per heavy atom. The lowest BCUT2D eigenvalue weighted by atomic mass is 9.69. The third kappa shape index (κ3) is 3.12. The van der Waals surface area contributed by atoms with Gasteiger partial charge in [-0.1, -0.05) is 127 Å². The Bertz CT molecular complexity index is 2270. The van der Waals surface area contributed by atoms with Crippen LogP contribution in [0.15, 0.2) is 156 Å². The van der Waals surface area contributed by atoms with Crippen molar-refractivity contribution < 1.29 is 4.42 Å². The second-order valence-electron chi connectivity index (χ2n) is 11.1. The second-order valence-corrected chi connectivity index (χ2v) is 11.1. The van der Waals surface area contributed by atoms with Crippen LogP contribution in [0.1, 0.15) is 22.4 Å². The van der Waals surface area contributed by atoms with Gasteiger partial charge >= 0.3 is 0 Å². The number of rotatable bonds is 3. The van der Waals surface area contributed by atoms with Crippen molar-refractivity contribution in [2.75, 3.05) is 0 Å². The van der Waals surface area contributed by atoms with Crippen molar-refractivity contribution in [2.45, 2.75) is 5.41 Å². The van der Waals surface area contributed by atoms with E-state index in [2.05, 4.69) is 140 Å². The van der Waals surface area contributed by atoms with Crippen LogP contribution in [0.3, 0.4) is 0 Å². The predicted molar refractivity (Wildman–Crippen MR) is 172 cm³/mol. The third-order valence-corrected chi connectivity index (χ3v) is 8.93. The van der Waals surface area contributed by atoms with Crippen LogP contribution in [0.5, 0.6) is 0 Å². The van der Waals surface area contributed by atoms with Gasteiger partial charge in [0.1, 0.15) is 11.2 Å². The summed E-state index contributed by atoms with van der Waals surface area (Å²) in [5, 5.41) is 4.57. The highest BCUT2D eigenvalue weighted by molar-refractivity contribution is 6.05. The van der Waals surface area contributed by atoms with E-state index in [1.807, 2.05) is 12.1 Å². The van der Waals surface area contributed by atoms with E-state index in [1.54, 1.807) is 0 Å². The summed E-state index contributed by atoms with van der Waals surface area (Å²) >= 11 is 0. The van der Waals surface area contributed by atoms with E-state index in [9.17, 15) is 0 Å². The molecule has 196 valence electrons. The highest BCUT2D eigenvalue weighted by atomic mass is 16.3. The van der Waals surface area contributed by atoms with Crippen LogP contribution in [0.4, 0.5) is 0 Å². The van der Waals surface area contributed by atoms with Crippen molar-refractivity contribution in [2.24, 2.45) is 0 Å². The first-order chi connectivity index (χ1) is 20.8. The molecular weight excluding hydrogens is 510 g/mol. The molecule has 0 aliphatic heterocycles. The number of furan rings is 1. The molecule has 0 atom stereocenters. The molecule has 0 amide bonds. The highest BCUT2D eigenvalue weighted by Gasteiger charge is 2.47. The molecule has 1 aliphatic rings. The van der Waals surface area contributed by atoms with Crippen LogP contribution in [-0.2, 0) is 5.41 Å². The van der Waals surface area contributed by atoms with Gasteiger partial charge in [0.05, 0.1) is 16.8 Å². The molecule has 0 spiro atoms. The smallest absolute Gasteiger partial charge is 0.135 e. The van der Waals surface area contributed by atoms with Gasteiger partial charge in [-0.2, -0.15) is 0 Å². The van der Waals surface area contributed by atoms with Crippen molar-refractivity contribution in [3.63, 3.8) is 0 Å². The lowest BCUT2D eigenvalue weighted by Gasteiger charge is -2.33. The maximum Gasteiger partial charge on any atom is 0.135 e. The van der Waals surface area contributed by atoms with Crippen LogP contribution in [0, 0.1) is 0 Å². The molecule has 42 heavy (non-hydrogen) atoms. The van der Waals surface area contributed by atoms with Crippen LogP contribution in [0.2, 0.25) is 0 Å². The average Bonchev–Trinajstić information content (AvgIpc) is 3.58. The minimum absolute atomic E-state index is 0.618. The van der Waals surface area contributed by atoms with Gasteiger partial charge in [0, 0.05) is 21.7 Å². The van der Waals surface area contributed by atoms with E-state index in [1.165, 1.54) is 33.2 Å². The molecule has 0 saturated carbocycles. The fourth-order valence-electron chi connectivity index (χ4n) is 7.14. The second kappa shape index (κ2) is 8.76. The van der Waals surface area contributed by atoms with Gasteiger partial charge in [-0.25, -0.2) is 0 Å². The predicted octanol–water partition coefficient (Wildman–Crippen LogP) is 10.2. The SMILES string of the molecule is c1ccc(-c2nc(C3(c4ccc5oc6ccccc6c5c4)c4ccccc4-c4ccccc43)cc3ccccc23)cc1. The monoisotopic (exact) mass is 535 g/mol. The molecule has 8 aromatic rings. The summed E-state index contributed by atoms with van der Waals surface area (Å²) < 4.78 is 6.27. The van der Waals surface area contributed by atoms with Crippen LogP contribution < -0.4 is 0 Å². The molecule has 0 radical (unpaired) electrons. The summed E-state index contributed by atoms with van der Waals surface area (Å²) in [5.41, 5.74) is 10.5. The standard InChI is InChI=1S/C40H25NO/c1-2-12-26(13-3-1)39-29-15-5-4-14-27(29)24-38(41-39)40(34-19-9-6-16-30(34)31-17-7-10-20-35(31)40)28-22-23-37-33(25-28)32-18-8-11-21-36(32)42-37/h1-25H. The largest absolute Gasteiger partial charge is 0.456 e. The normalized spacial score (nSPS) is 13.4. The number of nitrogens with zero attached hydrogens (tertiary/aromatic N) is 1. The Hall–Kier alpha value is -5.47. The lowest BCUT2D eigenvalue weighted by molar-refractivity contribution is 0.668. The van der Waals surface area contributed by atoms with E-state index in [0.29, 0.717) is 0 Å². The van der Waals surface area contributed by atoms with Gasteiger partial charge in [0.2, 0.25) is 0 Å². The van der Waals surface area contributed by atoms with E-state index >= 15 is 0 Å². The van der Waals surface area contributed by atoms with E-state index in [0.717, 1.165) is 44.3 Å². The Labute approximate surface area is 243 Å². The van der Waals surface area contributed by atoms with Crippen molar-refractivity contribution in [1.29, 1.82) is 0 Å². The number of aromatic nitrogens is 1. The zero-order chi connectivity index (χ0) is 27.7. The van der Waals surface area contributed by atoms with Gasteiger partial charge in [-0.3, -0.25) is 4.98 Å². The molecule has 2 nitrogen and oxygen atoms in total. The molecular formula is C40H25NO. The molecule has 1 aliphatic carbocycles. The molecule has 6 aromatic carbocycles. The number of para-hydroxylation sites is 1. The quantitative estimate of drug-likeness (QED) is 0.225. The Morgan fingerprint density at radius 3 is 1.88 bits per heavy atom. The first kappa shape index (κ1) is 23.3. The summed E-state index contributed by atoms with van der Waals surface area (Å²) in [6, 6.07) is 54.1. The van der Waals surface area contributed by atoms with Gasteiger partial charge in [-0.15, -0.1) is 0 Å². The Morgan fingerprint density at radius 1 is 0.476 bits per heavy atom. The molecule has 0 fully saturated rings. The molecule has 0 bridgehead atoms. The van der Waals surface area contributed by atoms with Gasteiger partial charge in [0.15, 0.2) is 0 Å². The van der Waals surface area contributed by atoms with Crippen molar-refractivity contribution in [3.8, 4) is 22.4 Å². The van der Waals surface area contributed by atoms with E-state index in [-0.39, 0.29) is 0 Å². The molecule has 2 heterocycles. The minimum atomic E-state index is -0.618. The molecule has 0 N–H and O–H groups in total. The molecule has 0 saturated heterocycles. The first-order valence-corrected chi connectivity index (χ1v) is 14.4. The summed E-state index contributed by atoms with van der Waals surface area (Å²) in [5.74, 6) is 0. The Kier molecular flexibility index (Phi) is 4.85. The first-order valence-electron chi connectivity index (χ1n) is 14.4. The fourth-order valence-corrected chi connectivity index (χ4v) is 7.14. The minimum Gasteiger partial charge on any atom is -0.456 e. The zero-order valence-electron chi connectivity index (χ0n) is 22.8. The number of pyridine rings is 1. The average molecular weight is 536 g/mol. The summed E-state index contributed by atoms with van der Waals surface area (Å²) in [6.07, 6.45) is 0. The topological polar surface area (TPSA) is 26.0 Å². The number of benzene rings is 6. The third-order valence-electron chi connectivity index (χ3n) is 8.93. The van der Waals surface area contributed by atoms with Crippen LogP contribution in [0.25, 0.3) is 55.1 Å². The van der Waals surface area contributed by atoms with Crippen LogP contribution in [-0.4, -0.2) is 4.98 Å². The summed E-state index contributed by atoms with van der Waals surface area (Å²) in [6.45, 7) is 0. The summed E-state index contributed by atoms with van der Waals surface area (Å²) in [4.78, 5) is 5.61. The molecule has 2 aromatic heterocycles. The molecule has 0 unspecified atom stereocenters.